The highest BCUT2D eigenvalue weighted by Crippen LogP contribution is 2.23. The van der Waals surface area contributed by atoms with Gasteiger partial charge in [-0.25, -0.2) is 4.98 Å². The van der Waals surface area contributed by atoms with Crippen molar-refractivity contribution in [1.29, 1.82) is 0 Å². The second-order valence-electron chi connectivity index (χ2n) is 6.42. The van der Waals surface area contributed by atoms with Crippen LogP contribution < -0.4 is 5.32 Å². The van der Waals surface area contributed by atoms with Gasteiger partial charge >= 0.3 is 0 Å². The quantitative estimate of drug-likeness (QED) is 0.412. The van der Waals surface area contributed by atoms with Crippen molar-refractivity contribution >= 4 is 34.4 Å². The van der Waals surface area contributed by atoms with Crippen molar-refractivity contribution in [2.75, 3.05) is 5.75 Å². The Morgan fingerprint density at radius 3 is 2.93 bits per heavy atom. The molecule has 0 radical (unpaired) electrons. The maximum absolute atomic E-state index is 12.2. The van der Waals surface area contributed by atoms with E-state index >= 15 is 0 Å². The summed E-state index contributed by atoms with van der Waals surface area (Å²) < 4.78 is 12.6. The van der Waals surface area contributed by atoms with E-state index in [0.717, 1.165) is 11.1 Å². The van der Waals surface area contributed by atoms with Gasteiger partial charge in [-0.05, 0) is 31.2 Å². The lowest BCUT2D eigenvalue weighted by molar-refractivity contribution is -0.118. The van der Waals surface area contributed by atoms with Gasteiger partial charge in [0, 0.05) is 11.8 Å². The largest absolute Gasteiger partial charge is 0.431 e. The van der Waals surface area contributed by atoms with Crippen LogP contribution in [0, 0.1) is 6.92 Å². The molecule has 0 aliphatic rings. The third-order valence-corrected chi connectivity index (χ3v) is 5.13. The van der Waals surface area contributed by atoms with Crippen LogP contribution in [0.5, 0.6) is 0 Å². The molecule has 5 rings (SSSR count). The van der Waals surface area contributed by atoms with E-state index in [1.807, 2.05) is 30.3 Å². The summed E-state index contributed by atoms with van der Waals surface area (Å²) in [5.41, 5.74) is 2.84. The fourth-order valence-electron chi connectivity index (χ4n) is 2.88. The zero-order valence-corrected chi connectivity index (χ0v) is 16.6. The van der Waals surface area contributed by atoms with Crippen LogP contribution in [-0.2, 0) is 11.3 Å². The monoisotopic (exact) mass is 421 g/mol. The highest BCUT2D eigenvalue weighted by molar-refractivity contribution is 7.99. The average Bonchev–Trinajstić information content (AvgIpc) is 3.47. The first-order valence-electron chi connectivity index (χ1n) is 9.05. The van der Waals surface area contributed by atoms with Gasteiger partial charge in [0.05, 0.1) is 12.3 Å². The number of hydrogen-bond acceptors (Lipinski definition) is 9. The predicted molar refractivity (Wildman–Crippen MR) is 108 cm³/mol. The van der Waals surface area contributed by atoms with Crippen LogP contribution in [0.2, 0.25) is 0 Å². The molecule has 11 heteroatoms. The number of carbonyl (C=O) groups excluding carboxylic acids is 1. The van der Waals surface area contributed by atoms with Gasteiger partial charge in [-0.3, -0.25) is 9.20 Å². The first-order chi connectivity index (χ1) is 14.7. The Balaban J connectivity index is 1.21. The Labute approximate surface area is 173 Å². The number of nitrogens with zero attached hydrogens (tertiary/aromatic N) is 6. The zero-order valence-electron chi connectivity index (χ0n) is 15.8. The van der Waals surface area contributed by atoms with Gasteiger partial charge in [0.1, 0.15) is 5.52 Å². The van der Waals surface area contributed by atoms with E-state index in [4.69, 9.17) is 8.94 Å². The number of aromatic nitrogens is 6. The van der Waals surface area contributed by atoms with Crippen LogP contribution in [0.25, 0.3) is 28.2 Å². The molecule has 1 N–H and O–H groups in total. The van der Waals surface area contributed by atoms with Gasteiger partial charge in [0.2, 0.25) is 5.91 Å². The van der Waals surface area contributed by atoms with E-state index in [1.165, 1.54) is 11.8 Å². The Bertz CT molecular complexity index is 1320. The average molecular weight is 421 g/mol. The van der Waals surface area contributed by atoms with Crippen molar-refractivity contribution in [1.82, 2.24) is 35.0 Å². The van der Waals surface area contributed by atoms with Crippen LogP contribution in [0.15, 0.2) is 56.8 Å². The number of pyridine rings is 1. The Morgan fingerprint density at radius 2 is 2.10 bits per heavy atom. The minimum absolute atomic E-state index is 0.156. The number of benzene rings is 1. The van der Waals surface area contributed by atoms with Crippen LogP contribution in [0.4, 0.5) is 0 Å². The summed E-state index contributed by atoms with van der Waals surface area (Å²) in [6, 6.07) is 11.1. The number of rotatable bonds is 6. The SMILES string of the molecule is Cc1noc(-c2ccn3c(CNC(=O)CSc4nc5ccccc5o4)nnc3c2)n1. The maximum atomic E-state index is 12.2. The number of thioether (sulfide) groups is 1. The molecule has 0 spiro atoms. The topological polar surface area (TPSA) is 124 Å². The summed E-state index contributed by atoms with van der Waals surface area (Å²) in [6.45, 7) is 2.00. The fraction of sp³-hybridized carbons (Fsp3) is 0.158. The third-order valence-electron chi connectivity index (χ3n) is 4.30. The first-order valence-corrected chi connectivity index (χ1v) is 10.0. The Hall–Kier alpha value is -3.73. The molecular formula is C19H15N7O3S. The van der Waals surface area contributed by atoms with Crippen LogP contribution in [-0.4, -0.2) is 41.4 Å². The number of para-hydroxylation sites is 2. The van der Waals surface area contributed by atoms with E-state index in [0.29, 0.717) is 34.0 Å². The first kappa shape index (κ1) is 18.3. The molecule has 4 heterocycles. The van der Waals surface area contributed by atoms with Crippen LogP contribution in [0.1, 0.15) is 11.6 Å². The number of oxazole rings is 1. The molecule has 10 nitrogen and oxygen atoms in total. The van der Waals surface area contributed by atoms with Gasteiger partial charge in [0.15, 0.2) is 22.9 Å². The minimum Gasteiger partial charge on any atom is -0.431 e. The van der Waals surface area contributed by atoms with Gasteiger partial charge in [-0.1, -0.05) is 29.1 Å². The van der Waals surface area contributed by atoms with E-state index in [2.05, 4.69) is 30.6 Å². The smallest absolute Gasteiger partial charge is 0.258 e. The molecule has 30 heavy (non-hydrogen) atoms. The van der Waals surface area contributed by atoms with Crippen molar-refractivity contribution in [3.05, 3.63) is 54.2 Å². The maximum Gasteiger partial charge on any atom is 0.258 e. The summed E-state index contributed by atoms with van der Waals surface area (Å²) in [6.07, 6.45) is 1.80. The summed E-state index contributed by atoms with van der Waals surface area (Å²) in [5, 5.41) is 15.4. The molecule has 5 aromatic rings. The molecule has 0 bridgehead atoms. The molecular weight excluding hydrogens is 406 g/mol. The van der Waals surface area contributed by atoms with Crippen molar-refractivity contribution < 1.29 is 13.7 Å². The lowest BCUT2D eigenvalue weighted by atomic mass is 10.2. The number of carbonyl (C=O) groups is 1. The molecule has 4 aromatic heterocycles. The number of aryl methyl sites for hydroxylation is 1. The lowest BCUT2D eigenvalue weighted by Gasteiger charge is -2.03. The van der Waals surface area contributed by atoms with E-state index in [-0.39, 0.29) is 18.2 Å². The molecule has 0 fully saturated rings. The van der Waals surface area contributed by atoms with Crippen molar-refractivity contribution in [3.8, 4) is 11.5 Å². The molecule has 0 atom stereocenters. The Kier molecular flexibility index (Phi) is 4.64. The van der Waals surface area contributed by atoms with Crippen molar-refractivity contribution in [2.45, 2.75) is 18.7 Å². The van der Waals surface area contributed by atoms with Crippen LogP contribution in [0.3, 0.4) is 0 Å². The molecule has 1 aromatic carbocycles. The number of amides is 1. The molecule has 0 saturated carbocycles. The standard InChI is InChI=1S/C19H15N7O3S/c1-11-21-18(29-25-11)12-6-7-26-15(8-12)23-24-16(26)9-20-17(27)10-30-19-22-13-4-2-3-5-14(13)28-19/h2-8H,9-10H2,1H3,(H,20,27). The second-order valence-corrected chi connectivity index (χ2v) is 7.35. The number of fused-ring (bicyclic) bond motifs is 2. The molecule has 0 aliphatic heterocycles. The second kappa shape index (κ2) is 7.59. The minimum atomic E-state index is -0.156. The molecule has 150 valence electrons. The highest BCUT2D eigenvalue weighted by Gasteiger charge is 2.13. The number of nitrogens with one attached hydrogen (secondary N) is 1. The van der Waals surface area contributed by atoms with Gasteiger partial charge in [-0.2, -0.15) is 4.98 Å². The molecule has 0 aliphatic carbocycles. The van der Waals surface area contributed by atoms with Gasteiger partial charge in [-0.15, -0.1) is 10.2 Å². The predicted octanol–water partition coefficient (Wildman–Crippen LogP) is 2.64. The number of hydrogen-bond donors (Lipinski definition) is 1. The lowest BCUT2D eigenvalue weighted by Crippen LogP contribution is -2.25. The molecule has 1 amide bonds. The van der Waals surface area contributed by atoms with Gasteiger partial charge in [0.25, 0.3) is 11.1 Å². The Morgan fingerprint density at radius 1 is 1.20 bits per heavy atom. The van der Waals surface area contributed by atoms with Crippen LogP contribution >= 0.6 is 11.8 Å². The summed E-state index contributed by atoms with van der Waals surface area (Å²) in [4.78, 5) is 20.8. The van der Waals surface area contributed by atoms with E-state index in [9.17, 15) is 4.79 Å². The zero-order chi connectivity index (χ0) is 20.5. The van der Waals surface area contributed by atoms with E-state index in [1.54, 1.807) is 23.6 Å². The summed E-state index contributed by atoms with van der Waals surface area (Å²) >= 11 is 1.24. The summed E-state index contributed by atoms with van der Waals surface area (Å²) in [5.74, 6) is 1.62. The molecule has 0 unspecified atom stereocenters. The molecule has 0 saturated heterocycles. The van der Waals surface area contributed by atoms with Gasteiger partial charge < -0.3 is 14.3 Å². The summed E-state index contributed by atoms with van der Waals surface area (Å²) in [7, 11) is 0. The fourth-order valence-corrected chi connectivity index (χ4v) is 3.55. The third kappa shape index (κ3) is 3.62. The highest BCUT2D eigenvalue weighted by atomic mass is 32.2. The van der Waals surface area contributed by atoms with Crippen molar-refractivity contribution in [2.24, 2.45) is 0 Å². The van der Waals surface area contributed by atoms with E-state index < -0.39 is 0 Å². The van der Waals surface area contributed by atoms with Crippen molar-refractivity contribution in [3.63, 3.8) is 0 Å². The normalized spacial score (nSPS) is 11.4.